The number of halogens is 1. The summed E-state index contributed by atoms with van der Waals surface area (Å²) in [6.07, 6.45) is 2.40. The van der Waals surface area contributed by atoms with Crippen LogP contribution < -0.4 is 4.90 Å². The van der Waals surface area contributed by atoms with Crippen LogP contribution in [0.2, 0.25) is 5.15 Å². The van der Waals surface area contributed by atoms with Crippen LogP contribution in [0.5, 0.6) is 0 Å². The summed E-state index contributed by atoms with van der Waals surface area (Å²) >= 11 is 5.96. The topological polar surface area (TPSA) is 59.0 Å². The minimum Gasteiger partial charge on any atom is -0.353 e. The second-order valence-electron chi connectivity index (χ2n) is 4.09. The monoisotopic (exact) mass is 276 g/mol. The molecule has 2 heterocycles. The molecule has 0 fully saturated rings. The van der Waals surface area contributed by atoms with E-state index >= 15 is 0 Å². The van der Waals surface area contributed by atoms with Gasteiger partial charge in [0.1, 0.15) is 16.8 Å². The van der Waals surface area contributed by atoms with Gasteiger partial charge >= 0.3 is 0 Å². The van der Waals surface area contributed by atoms with Crippen molar-refractivity contribution in [1.82, 2.24) is 15.0 Å². The molecule has 0 aliphatic carbocycles. The van der Waals surface area contributed by atoms with Crippen molar-refractivity contribution in [3.05, 3.63) is 46.6 Å². The van der Waals surface area contributed by atoms with Crippen LogP contribution in [-0.2, 0) is 6.54 Å². The molecule has 0 spiro atoms. The van der Waals surface area contributed by atoms with Crippen LogP contribution in [0.3, 0.4) is 0 Å². The first-order chi connectivity index (χ1) is 9.11. The third kappa shape index (κ3) is 3.06. The van der Waals surface area contributed by atoms with E-state index in [1.807, 2.05) is 30.1 Å². The molecule has 0 N–H and O–H groups in total. The van der Waals surface area contributed by atoms with Gasteiger partial charge in [0.05, 0.1) is 17.8 Å². The molecule has 0 aliphatic rings. The molecule has 2 rings (SSSR count). The Morgan fingerprint density at radius 1 is 1.37 bits per heavy atom. The number of aldehydes is 1. The third-order valence-electron chi connectivity index (χ3n) is 2.60. The number of pyridine rings is 1. The average Bonchev–Trinajstić information content (AvgIpc) is 2.39. The van der Waals surface area contributed by atoms with Gasteiger partial charge in [0.2, 0.25) is 0 Å². The maximum Gasteiger partial charge on any atom is 0.156 e. The lowest BCUT2D eigenvalue weighted by molar-refractivity contribution is 0.112. The lowest BCUT2D eigenvalue weighted by Crippen LogP contribution is -2.21. The highest BCUT2D eigenvalue weighted by Crippen LogP contribution is 2.22. The molecule has 0 radical (unpaired) electrons. The molecule has 0 saturated heterocycles. The molecule has 98 valence electrons. The quantitative estimate of drug-likeness (QED) is 0.633. The zero-order valence-electron chi connectivity index (χ0n) is 10.7. The maximum atomic E-state index is 11.1. The smallest absolute Gasteiger partial charge is 0.156 e. The van der Waals surface area contributed by atoms with Crippen LogP contribution in [0.4, 0.5) is 5.82 Å². The van der Waals surface area contributed by atoms with Gasteiger partial charge in [-0.3, -0.25) is 9.78 Å². The van der Waals surface area contributed by atoms with Crippen molar-refractivity contribution in [3.63, 3.8) is 0 Å². The molecule has 0 bridgehead atoms. The number of hydrogen-bond donors (Lipinski definition) is 0. The molecular formula is C13H13ClN4O. The Kier molecular flexibility index (Phi) is 4.06. The SMILES string of the molecule is Cc1nc(Cl)c(C=O)c(N(C)Cc2ccccn2)n1. The third-order valence-corrected chi connectivity index (χ3v) is 2.88. The van der Waals surface area contributed by atoms with E-state index in [1.54, 1.807) is 13.1 Å². The summed E-state index contributed by atoms with van der Waals surface area (Å²) < 4.78 is 0. The number of nitrogens with zero attached hydrogens (tertiary/aromatic N) is 4. The van der Waals surface area contributed by atoms with Crippen LogP contribution in [0.25, 0.3) is 0 Å². The van der Waals surface area contributed by atoms with Gasteiger partial charge in [0.15, 0.2) is 6.29 Å². The molecule has 2 aromatic heterocycles. The minimum atomic E-state index is 0.172. The molecule has 0 aromatic carbocycles. The van der Waals surface area contributed by atoms with Crippen molar-refractivity contribution < 1.29 is 4.79 Å². The van der Waals surface area contributed by atoms with E-state index in [2.05, 4.69) is 15.0 Å². The van der Waals surface area contributed by atoms with Gasteiger partial charge in [-0.1, -0.05) is 17.7 Å². The average molecular weight is 277 g/mol. The highest BCUT2D eigenvalue weighted by atomic mass is 35.5. The Morgan fingerprint density at radius 2 is 2.16 bits per heavy atom. The highest BCUT2D eigenvalue weighted by Gasteiger charge is 2.15. The van der Waals surface area contributed by atoms with Crippen LogP contribution in [0.1, 0.15) is 21.9 Å². The number of rotatable bonds is 4. The van der Waals surface area contributed by atoms with Gasteiger partial charge in [-0.05, 0) is 19.1 Å². The zero-order valence-corrected chi connectivity index (χ0v) is 11.4. The number of carbonyl (C=O) groups is 1. The van der Waals surface area contributed by atoms with E-state index in [0.717, 1.165) is 5.69 Å². The van der Waals surface area contributed by atoms with Gasteiger partial charge in [-0.2, -0.15) is 0 Å². The number of carbonyl (C=O) groups excluding carboxylic acids is 1. The predicted molar refractivity (Wildman–Crippen MR) is 73.5 cm³/mol. The van der Waals surface area contributed by atoms with Crippen molar-refractivity contribution >= 4 is 23.7 Å². The summed E-state index contributed by atoms with van der Waals surface area (Å²) in [6.45, 7) is 2.27. The van der Waals surface area contributed by atoms with Gasteiger partial charge in [0.25, 0.3) is 0 Å². The fraction of sp³-hybridized carbons (Fsp3) is 0.231. The molecule has 6 heteroatoms. The molecule has 5 nitrogen and oxygen atoms in total. The molecular weight excluding hydrogens is 264 g/mol. The Bertz CT molecular complexity index is 589. The molecule has 0 saturated carbocycles. The van der Waals surface area contributed by atoms with E-state index in [-0.39, 0.29) is 5.15 Å². The summed E-state index contributed by atoms with van der Waals surface area (Å²) in [5.74, 6) is 1.04. The molecule has 0 aliphatic heterocycles. The van der Waals surface area contributed by atoms with Crippen LogP contribution in [-0.4, -0.2) is 28.3 Å². The second kappa shape index (κ2) is 5.75. The van der Waals surface area contributed by atoms with Crippen molar-refractivity contribution in [2.45, 2.75) is 13.5 Å². The molecule has 2 aromatic rings. The Labute approximate surface area is 116 Å². The summed E-state index contributed by atoms with van der Waals surface area (Å²) in [5.41, 5.74) is 1.18. The van der Waals surface area contributed by atoms with E-state index < -0.39 is 0 Å². The molecule has 19 heavy (non-hydrogen) atoms. The summed E-state index contributed by atoms with van der Waals surface area (Å²) in [4.78, 5) is 25.4. The number of aryl methyl sites for hydroxylation is 1. The normalized spacial score (nSPS) is 10.3. The largest absolute Gasteiger partial charge is 0.353 e. The molecule has 0 atom stereocenters. The van der Waals surface area contributed by atoms with E-state index in [9.17, 15) is 4.79 Å². The number of aromatic nitrogens is 3. The van der Waals surface area contributed by atoms with Crippen molar-refractivity contribution in [3.8, 4) is 0 Å². The standard InChI is InChI=1S/C13H13ClN4O/c1-9-16-12(14)11(8-19)13(17-9)18(2)7-10-5-3-4-6-15-10/h3-6,8H,7H2,1-2H3. The molecule has 0 unspecified atom stereocenters. The Hall–Kier alpha value is -2.01. The van der Waals surface area contributed by atoms with Gasteiger partial charge in [0, 0.05) is 13.2 Å². The van der Waals surface area contributed by atoms with Gasteiger partial charge < -0.3 is 4.90 Å². The Balaban J connectivity index is 2.33. The fourth-order valence-corrected chi connectivity index (χ4v) is 1.99. The van der Waals surface area contributed by atoms with Crippen molar-refractivity contribution in [2.75, 3.05) is 11.9 Å². The number of anilines is 1. The van der Waals surface area contributed by atoms with Gasteiger partial charge in [-0.25, -0.2) is 9.97 Å². The summed E-state index contributed by atoms with van der Waals surface area (Å²) in [6, 6.07) is 5.67. The first-order valence-corrected chi connectivity index (χ1v) is 6.10. The minimum absolute atomic E-state index is 0.172. The van der Waals surface area contributed by atoms with Crippen molar-refractivity contribution in [1.29, 1.82) is 0 Å². The lowest BCUT2D eigenvalue weighted by Gasteiger charge is -2.19. The predicted octanol–water partition coefficient (Wildman–Crippen LogP) is 2.28. The van der Waals surface area contributed by atoms with E-state index in [0.29, 0.717) is 30.0 Å². The second-order valence-corrected chi connectivity index (χ2v) is 4.45. The Morgan fingerprint density at radius 3 is 2.79 bits per heavy atom. The number of hydrogen-bond acceptors (Lipinski definition) is 5. The first-order valence-electron chi connectivity index (χ1n) is 5.72. The van der Waals surface area contributed by atoms with Gasteiger partial charge in [-0.15, -0.1) is 0 Å². The summed E-state index contributed by atoms with van der Waals surface area (Å²) in [5, 5.41) is 0.172. The maximum absolute atomic E-state index is 11.1. The van der Waals surface area contributed by atoms with Crippen LogP contribution in [0, 0.1) is 6.92 Å². The highest BCUT2D eigenvalue weighted by molar-refractivity contribution is 6.32. The van der Waals surface area contributed by atoms with Crippen LogP contribution in [0.15, 0.2) is 24.4 Å². The van der Waals surface area contributed by atoms with Crippen molar-refractivity contribution in [2.24, 2.45) is 0 Å². The lowest BCUT2D eigenvalue weighted by atomic mass is 10.3. The zero-order chi connectivity index (χ0) is 13.8. The van der Waals surface area contributed by atoms with E-state index in [1.165, 1.54) is 0 Å². The van der Waals surface area contributed by atoms with E-state index in [4.69, 9.17) is 11.6 Å². The summed E-state index contributed by atoms with van der Waals surface area (Å²) in [7, 11) is 1.83. The fourth-order valence-electron chi connectivity index (χ4n) is 1.73. The first kappa shape index (κ1) is 13.4. The van der Waals surface area contributed by atoms with Crippen LogP contribution >= 0.6 is 11.6 Å². The molecule has 0 amide bonds.